The van der Waals surface area contributed by atoms with Crippen molar-refractivity contribution >= 4 is 23.2 Å². The van der Waals surface area contributed by atoms with Crippen LogP contribution in [-0.4, -0.2) is 49.0 Å². The molecule has 1 aromatic carbocycles. The van der Waals surface area contributed by atoms with E-state index in [9.17, 15) is 0 Å². The molecule has 4 rings (SSSR count). The van der Waals surface area contributed by atoms with E-state index in [1.165, 1.54) is 0 Å². The van der Waals surface area contributed by atoms with E-state index >= 15 is 0 Å². The zero-order chi connectivity index (χ0) is 18.3. The largest absolute Gasteiger partial charge is 0.438 e. The van der Waals surface area contributed by atoms with Crippen LogP contribution in [0.3, 0.4) is 0 Å². The Morgan fingerprint density at radius 1 is 1.23 bits per heavy atom. The predicted octanol–water partition coefficient (Wildman–Crippen LogP) is 3.61. The first-order valence-electron chi connectivity index (χ1n) is 8.97. The summed E-state index contributed by atoms with van der Waals surface area (Å²) in [5.41, 5.74) is 3.92. The Morgan fingerprint density at radius 3 is 2.85 bits per heavy atom. The average Bonchev–Trinajstić information content (AvgIpc) is 3.12. The number of likely N-dealkylation sites (N-methyl/N-ethyl adjacent to an activating group) is 1. The molecule has 3 heterocycles. The fraction of sp³-hybridized carbons (Fsp3) is 0.333. The lowest BCUT2D eigenvalue weighted by atomic mass is 10.0. The number of pyridine rings is 1. The molecule has 5 nitrogen and oxygen atoms in total. The van der Waals surface area contributed by atoms with E-state index in [0.717, 1.165) is 47.7 Å². The van der Waals surface area contributed by atoms with Gasteiger partial charge >= 0.3 is 0 Å². The van der Waals surface area contributed by atoms with Crippen molar-refractivity contribution in [2.24, 2.45) is 4.99 Å². The summed E-state index contributed by atoms with van der Waals surface area (Å²) in [6.45, 7) is 8.10. The van der Waals surface area contributed by atoms with E-state index in [0.29, 0.717) is 17.7 Å². The number of aliphatic imine (C=N–C) groups is 1. The molecule has 1 fully saturated rings. The van der Waals surface area contributed by atoms with Crippen molar-refractivity contribution in [1.82, 2.24) is 9.88 Å². The van der Waals surface area contributed by atoms with E-state index in [-0.39, 0.29) is 0 Å². The molecule has 1 saturated heterocycles. The third-order valence-electron chi connectivity index (χ3n) is 5.18. The maximum atomic E-state index is 6.03. The highest BCUT2D eigenvalue weighted by molar-refractivity contribution is 6.05. The highest BCUT2D eigenvalue weighted by Crippen LogP contribution is 2.36. The van der Waals surface area contributed by atoms with Crippen LogP contribution in [0.25, 0.3) is 5.76 Å². The Hall–Kier alpha value is -2.66. The molecule has 0 bridgehead atoms. The maximum Gasteiger partial charge on any atom is 0.230 e. The SMILES string of the molecule is C=C1OC(c2cccnc2N2CCC(N(C)C)C2)=Nc2cccc(C)c21. The summed E-state index contributed by atoms with van der Waals surface area (Å²) >= 11 is 0. The molecule has 0 saturated carbocycles. The molecule has 26 heavy (non-hydrogen) atoms. The van der Waals surface area contributed by atoms with Gasteiger partial charge in [0.05, 0.1) is 11.3 Å². The smallest absolute Gasteiger partial charge is 0.230 e. The van der Waals surface area contributed by atoms with E-state index < -0.39 is 0 Å². The lowest BCUT2D eigenvalue weighted by Gasteiger charge is -2.25. The molecule has 0 spiro atoms. The van der Waals surface area contributed by atoms with E-state index in [4.69, 9.17) is 9.73 Å². The molecule has 1 aromatic heterocycles. The maximum absolute atomic E-state index is 6.03. The van der Waals surface area contributed by atoms with Gasteiger partial charge in [-0.05, 0) is 51.2 Å². The first-order valence-corrected chi connectivity index (χ1v) is 8.97. The van der Waals surface area contributed by atoms with Crippen LogP contribution in [0.4, 0.5) is 11.5 Å². The zero-order valence-corrected chi connectivity index (χ0v) is 15.6. The topological polar surface area (TPSA) is 41.0 Å². The van der Waals surface area contributed by atoms with Gasteiger partial charge in [-0.2, -0.15) is 0 Å². The second-order valence-electron chi connectivity index (χ2n) is 7.14. The second-order valence-corrected chi connectivity index (χ2v) is 7.14. The Kier molecular flexibility index (Phi) is 4.24. The number of benzene rings is 1. The van der Waals surface area contributed by atoms with Gasteiger partial charge in [-0.25, -0.2) is 9.98 Å². The van der Waals surface area contributed by atoms with Gasteiger partial charge in [0.25, 0.3) is 0 Å². The van der Waals surface area contributed by atoms with Crippen molar-refractivity contribution in [3.63, 3.8) is 0 Å². The van der Waals surface area contributed by atoms with Crippen molar-refractivity contribution in [1.29, 1.82) is 0 Å². The fourth-order valence-electron chi connectivity index (χ4n) is 3.69. The number of hydrogen-bond donors (Lipinski definition) is 0. The number of ether oxygens (including phenoxy) is 1. The van der Waals surface area contributed by atoms with Gasteiger partial charge in [0.2, 0.25) is 5.90 Å². The lowest BCUT2D eigenvalue weighted by molar-refractivity contribution is 0.315. The Bertz CT molecular complexity index is 887. The number of nitrogens with zero attached hydrogens (tertiary/aromatic N) is 4. The number of aryl methyl sites for hydroxylation is 1. The molecular weight excluding hydrogens is 324 g/mol. The standard InChI is InChI=1S/C21H24N4O/c1-14-7-5-9-18-19(14)15(2)26-21(23-18)17-8-6-11-22-20(17)25-12-10-16(13-25)24(3)4/h5-9,11,16H,2,10,12-13H2,1,3-4H3. The van der Waals surface area contributed by atoms with E-state index in [2.05, 4.69) is 48.4 Å². The molecule has 134 valence electrons. The number of anilines is 1. The summed E-state index contributed by atoms with van der Waals surface area (Å²) < 4.78 is 6.03. The van der Waals surface area contributed by atoms with Gasteiger partial charge in [0.15, 0.2) is 0 Å². The van der Waals surface area contributed by atoms with Crippen LogP contribution < -0.4 is 4.90 Å². The molecule has 0 aliphatic carbocycles. The highest BCUT2D eigenvalue weighted by atomic mass is 16.5. The van der Waals surface area contributed by atoms with Crippen molar-refractivity contribution in [3.8, 4) is 0 Å². The summed E-state index contributed by atoms with van der Waals surface area (Å²) in [6, 6.07) is 10.6. The quantitative estimate of drug-likeness (QED) is 0.850. The first-order chi connectivity index (χ1) is 12.5. The fourth-order valence-corrected chi connectivity index (χ4v) is 3.69. The Morgan fingerprint density at radius 2 is 2.08 bits per heavy atom. The minimum Gasteiger partial charge on any atom is -0.438 e. The van der Waals surface area contributed by atoms with Gasteiger partial charge in [0, 0.05) is 30.9 Å². The van der Waals surface area contributed by atoms with Gasteiger partial charge < -0.3 is 14.5 Å². The molecule has 0 N–H and O–H groups in total. The van der Waals surface area contributed by atoms with E-state index in [1.807, 2.05) is 30.5 Å². The Balaban J connectivity index is 1.73. The number of fused-ring (bicyclic) bond motifs is 1. The van der Waals surface area contributed by atoms with Crippen molar-refractivity contribution in [2.45, 2.75) is 19.4 Å². The van der Waals surface area contributed by atoms with Crippen LogP contribution in [-0.2, 0) is 4.74 Å². The van der Waals surface area contributed by atoms with Gasteiger partial charge in [-0.3, -0.25) is 0 Å². The second kappa shape index (κ2) is 6.57. The first kappa shape index (κ1) is 16.8. The average molecular weight is 348 g/mol. The molecule has 1 atom stereocenters. The van der Waals surface area contributed by atoms with Crippen LogP contribution in [0.5, 0.6) is 0 Å². The van der Waals surface area contributed by atoms with Crippen LogP contribution in [0, 0.1) is 6.92 Å². The third kappa shape index (κ3) is 2.88. The third-order valence-corrected chi connectivity index (χ3v) is 5.18. The van der Waals surface area contributed by atoms with Crippen LogP contribution in [0.15, 0.2) is 48.1 Å². The summed E-state index contributed by atoms with van der Waals surface area (Å²) in [6.07, 6.45) is 2.96. The summed E-state index contributed by atoms with van der Waals surface area (Å²) in [5.74, 6) is 2.15. The van der Waals surface area contributed by atoms with Crippen molar-refractivity contribution in [2.75, 3.05) is 32.1 Å². The van der Waals surface area contributed by atoms with Crippen molar-refractivity contribution in [3.05, 3.63) is 59.8 Å². The molecule has 0 radical (unpaired) electrons. The van der Waals surface area contributed by atoms with Gasteiger partial charge in [0.1, 0.15) is 11.6 Å². The summed E-state index contributed by atoms with van der Waals surface area (Å²) in [7, 11) is 4.26. The number of aromatic nitrogens is 1. The summed E-state index contributed by atoms with van der Waals surface area (Å²) in [4.78, 5) is 14.0. The lowest BCUT2D eigenvalue weighted by Crippen LogP contribution is -2.32. The molecule has 2 aliphatic rings. The van der Waals surface area contributed by atoms with Crippen LogP contribution >= 0.6 is 0 Å². The highest BCUT2D eigenvalue weighted by Gasteiger charge is 2.29. The minimum absolute atomic E-state index is 0.539. The summed E-state index contributed by atoms with van der Waals surface area (Å²) in [5, 5.41) is 0. The van der Waals surface area contributed by atoms with Crippen molar-refractivity contribution < 1.29 is 4.74 Å². The molecule has 1 unspecified atom stereocenters. The Labute approximate surface area is 154 Å². The van der Waals surface area contributed by atoms with Crippen LogP contribution in [0.1, 0.15) is 23.1 Å². The molecule has 0 amide bonds. The van der Waals surface area contributed by atoms with E-state index in [1.54, 1.807) is 0 Å². The molecule has 5 heteroatoms. The molecule has 2 aliphatic heterocycles. The normalized spacial score (nSPS) is 19.4. The molecule has 2 aromatic rings. The number of rotatable bonds is 3. The van der Waals surface area contributed by atoms with Gasteiger partial charge in [-0.1, -0.05) is 18.7 Å². The zero-order valence-electron chi connectivity index (χ0n) is 15.6. The predicted molar refractivity (Wildman–Crippen MR) is 106 cm³/mol. The minimum atomic E-state index is 0.539. The monoisotopic (exact) mass is 348 g/mol. The number of hydrogen-bond acceptors (Lipinski definition) is 5. The molecular formula is C21H24N4O. The van der Waals surface area contributed by atoms with Gasteiger partial charge in [-0.15, -0.1) is 0 Å². The van der Waals surface area contributed by atoms with Crippen LogP contribution in [0.2, 0.25) is 0 Å².